The van der Waals surface area contributed by atoms with Crippen LogP contribution < -0.4 is 14.8 Å². The highest BCUT2D eigenvalue weighted by Crippen LogP contribution is 2.29. The van der Waals surface area contributed by atoms with E-state index < -0.39 is 0 Å². The normalized spacial score (nSPS) is 19.8. The van der Waals surface area contributed by atoms with Crippen LogP contribution >= 0.6 is 11.6 Å². The van der Waals surface area contributed by atoms with Gasteiger partial charge in [0.25, 0.3) is 0 Å². The molecule has 0 unspecified atom stereocenters. The number of carbonyl (C=O) groups excluding carboxylic acids is 1. The number of rotatable bonds is 10. The van der Waals surface area contributed by atoms with Crippen LogP contribution in [0.15, 0.2) is 18.2 Å². The van der Waals surface area contributed by atoms with Gasteiger partial charge >= 0.3 is 0 Å². The summed E-state index contributed by atoms with van der Waals surface area (Å²) in [6.45, 7) is 2.76. The molecule has 2 rings (SSSR count). The molecule has 0 saturated heterocycles. The minimum absolute atomic E-state index is 0.201. The number of amides is 1. The lowest BCUT2D eigenvalue weighted by Crippen LogP contribution is -2.37. The molecule has 0 aromatic heterocycles. The number of nitrogens with one attached hydrogen (secondary N) is 1. The minimum atomic E-state index is 0.201. The molecule has 0 heterocycles. The first-order valence-corrected chi connectivity index (χ1v) is 10.3. The first-order chi connectivity index (χ1) is 12.6. The standard InChI is InChI=1S/C21H32ClNO3/c1-16-7-10-18(11-8-16)23-21(24)6-4-3-5-17-9-12-19(26-14-13-22)20(15-17)25-2/h9,12,15-16,18H,3-8,10-11,13-14H2,1-2H3,(H,23,24)/t16-,18-. The quantitative estimate of drug-likeness (QED) is 0.471. The van der Waals surface area contributed by atoms with Gasteiger partial charge in [-0.1, -0.05) is 13.0 Å². The van der Waals surface area contributed by atoms with Gasteiger partial charge in [0.2, 0.25) is 5.91 Å². The fraction of sp³-hybridized carbons (Fsp3) is 0.667. The van der Waals surface area contributed by atoms with Crippen LogP contribution in [0.5, 0.6) is 11.5 Å². The third-order valence-corrected chi connectivity index (χ3v) is 5.22. The summed E-state index contributed by atoms with van der Waals surface area (Å²) in [5, 5.41) is 3.20. The van der Waals surface area contributed by atoms with Crippen LogP contribution in [0.25, 0.3) is 0 Å². The second-order valence-corrected chi connectivity index (χ2v) is 7.63. The van der Waals surface area contributed by atoms with E-state index in [4.69, 9.17) is 21.1 Å². The van der Waals surface area contributed by atoms with Gasteiger partial charge in [0.05, 0.1) is 13.0 Å². The number of aryl methyl sites for hydroxylation is 1. The molecule has 0 radical (unpaired) electrons. The van der Waals surface area contributed by atoms with Gasteiger partial charge in [0.15, 0.2) is 11.5 Å². The fourth-order valence-corrected chi connectivity index (χ4v) is 3.53. The molecular weight excluding hydrogens is 350 g/mol. The van der Waals surface area contributed by atoms with E-state index in [1.165, 1.54) is 18.4 Å². The molecule has 146 valence electrons. The highest BCUT2D eigenvalue weighted by Gasteiger charge is 2.19. The number of carbonyl (C=O) groups is 1. The van der Waals surface area contributed by atoms with Crippen molar-refractivity contribution in [3.63, 3.8) is 0 Å². The van der Waals surface area contributed by atoms with Gasteiger partial charge in [0, 0.05) is 12.5 Å². The first kappa shape index (κ1) is 20.9. The monoisotopic (exact) mass is 381 g/mol. The maximum Gasteiger partial charge on any atom is 0.220 e. The molecule has 1 amide bonds. The molecule has 1 aromatic rings. The topological polar surface area (TPSA) is 47.6 Å². The molecule has 0 atom stereocenters. The van der Waals surface area contributed by atoms with Gasteiger partial charge in [0.1, 0.15) is 6.61 Å². The summed E-state index contributed by atoms with van der Waals surface area (Å²) < 4.78 is 10.9. The molecule has 0 bridgehead atoms. The molecule has 0 aliphatic heterocycles. The summed E-state index contributed by atoms with van der Waals surface area (Å²) in [6.07, 6.45) is 8.16. The lowest BCUT2D eigenvalue weighted by molar-refractivity contribution is -0.122. The third kappa shape index (κ3) is 7.06. The molecule has 4 nitrogen and oxygen atoms in total. The van der Waals surface area contributed by atoms with Crippen molar-refractivity contribution in [2.75, 3.05) is 19.6 Å². The van der Waals surface area contributed by atoms with E-state index >= 15 is 0 Å². The van der Waals surface area contributed by atoms with E-state index in [0.29, 0.717) is 24.9 Å². The predicted octanol–water partition coefficient (Wildman–Crippen LogP) is 4.72. The van der Waals surface area contributed by atoms with Crippen molar-refractivity contribution >= 4 is 17.5 Å². The lowest BCUT2D eigenvalue weighted by atomic mass is 9.87. The second-order valence-electron chi connectivity index (χ2n) is 7.25. The summed E-state index contributed by atoms with van der Waals surface area (Å²) in [7, 11) is 1.64. The van der Waals surface area contributed by atoms with Gasteiger partial charge in [-0.05, 0) is 68.6 Å². The van der Waals surface area contributed by atoms with Gasteiger partial charge in [-0.2, -0.15) is 0 Å². The van der Waals surface area contributed by atoms with Crippen LogP contribution in [0.3, 0.4) is 0 Å². The molecule has 1 N–H and O–H groups in total. The Morgan fingerprint density at radius 2 is 1.96 bits per heavy atom. The molecule has 1 aliphatic rings. The zero-order chi connectivity index (χ0) is 18.8. The maximum absolute atomic E-state index is 12.1. The SMILES string of the molecule is COc1cc(CCCCC(=O)N[C@H]2CC[C@H](C)CC2)ccc1OCCCl. The Hall–Kier alpha value is -1.42. The largest absolute Gasteiger partial charge is 0.493 e. The van der Waals surface area contributed by atoms with Gasteiger partial charge < -0.3 is 14.8 Å². The van der Waals surface area contributed by atoms with Crippen molar-refractivity contribution in [2.45, 2.75) is 64.3 Å². The smallest absolute Gasteiger partial charge is 0.220 e. The van der Waals surface area contributed by atoms with Crippen LogP contribution in [0, 0.1) is 5.92 Å². The summed E-state index contributed by atoms with van der Waals surface area (Å²) in [4.78, 5) is 12.1. The van der Waals surface area contributed by atoms with E-state index in [1.807, 2.05) is 12.1 Å². The van der Waals surface area contributed by atoms with E-state index in [-0.39, 0.29) is 5.91 Å². The van der Waals surface area contributed by atoms with Crippen molar-refractivity contribution in [3.05, 3.63) is 23.8 Å². The average Bonchev–Trinajstić information content (AvgIpc) is 2.65. The summed E-state index contributed by atoms with van der Waals surface area (Å²) in [5.74, 6) is 2.92. The van der Waals surface area contributed by atoms with Crippen molar-refractivity contribution in [1.82, 2.24) is 5.32 Å². The van der Waals surface area contributed by atoms with Crippen LogP contribution in [0.1, 0.15) is 57.4 Å². The van der Waals surface area contributed by atoms with Crippen LogP contribution in [0.4, 0.5) is 0 Å². The number of ether oxygens (including phenoxy) is 2. The van der Waals surface area contributed by atoms with Crippen LogP contribution in [-0.2, 0) is 11.2 Å². The number of alkyl halides is 1. The average molecular weight is 382 g/mol. The van der Waals surface area contributed by atoms with Crippen molar-refractivity contribution in [2.24, 2.45) is 5.92 Å². The Bertz CT molecular complexity index is 556. The fourth-order valence-electron chi connectivity index (χ4n) is 3.45. The number of benzene rings is 1. The van der Waals surface area contributed by atoms with Crippen molar-refractivity contribution < 1.29 is 14.3 Å². The van der Waals surface area contributed by atoms with Gasteiger partial charge in [-0.15, -0.1) is 11.6 Å². The Morgan fingerprint density at radius 3 is 2.65 bits per heavy atom. The van der Waals surface area contributed by atoms with Crippen LogP contribution in [0.2, 0.25) is 0 Å². The van der Waals surface area contributed by atoms with Gasteiger partial charge in [-0.3, -0.25) is 4.79 Å². The third-order valence-electron chi connectivity index (χ3n) is 5.06. The Balaban J connectivity index is 1.68. The molecule has 0 spiro atoms. The van der Waals surface area contributed by atoms with E-state index in [0.717, 1.165) is 49.5 Å². The summed E-state index contributed by atoms with van der Waals surface area (Å²) in [6, 6.07) is 6.38. The summed E-state index contributed by atoms with van der Waals surface area (Å²) in [5.41, 5.74) is 1.20. The van der Waals surface area contributed by atoms with Gasteiger partial charge in [-0.25, -0.2) is 0 Å². The van der Waals surface area contributed by atoms with Crippen LogP contribution in [-0.4, -0.2) is 31.5 Å². The highest BCUT2D eigenvalue weighted by molar-refractivity contribution is 6.18. The number of hydrogen-bond donors (Lipinski definition) is 1. The highest BCUT2D eigenvalue weighted by atomic mass is 35.5. The van der Waals surface area contributed by atoms with E-state index in [9.17, 15) is 4.79 Å². The zero-order valence-electron chi connectivity index (χ0n) is 16.1. The number of unbranched alkanes of at least 4 members (excludes halogenated alkanes) is 1. The number of halogens is 1. The lowest BCUT2D eigenvalue weighted by Gasteiger charge is -2.26. The van der Waals surface area contributed by atoms with E-state index in [2.05, 4.69) is 18.3 Å². The first-order valence-electron chi connectivity index (χ1n) is 9.77. The minimum Gasteiger partial charge on any atom is -0.493 e. The van der Waals surface area contributed by atoms with Crippen molar-refractivity contribution in [1.29, 1.82) is 0 Å². The Morgan fingerprint density at radius 1 is 1.19 bits per heavy atom. The molecule has 26 heavy (non-hydrogen) atoms. The molecule has 1 fully saturated rings. The van der Waals surface area contributed by atoms with E-state index in [1.54, 1.807) is 7.11 Å². The molecule has 1 aliphatic carbocycles. The molecular formula is C21H32ClNO3. The molecule has 1 aromatic carbocycles. The summed E-state index contributed by atoms with van der Waals surface area (Å²) >= 11 is 5.66. The zero-order valence-corrected chi connectivity index (χ0v) is 16.8. The Labute approximate surface area is 162 Å². The number of hydrogen-bond acceptors (Lipinski definition) is 3. The maximum atomic E-state index is 12.1. The molecule has 5 heteroatoms. The second kappa shape index (κ2) is 11.3. The predicted molar refractivity (Wildman–Crippen MR) is 106 cm³/mol. The Kier molecular flexibility index (Phi) is 9.10. The number of methoxy groups -OCH3 is 1. The van der Waals surface area contributed by atoms with Crippen molar-refractivity contribution in [3.8, 4) is 11.5 Å². The molecule has 1 saturated carbocycles.